The Morgan fingerprint density at radius 2 is 1.79 bits per heavy atom. The lowest BCUT2D eigenvalue weighted by Crippen LogP contribution is -2.36. The molecule has 1 aliphatic rings. The van der Waals surface area contributed by atoms with Gasteiger partial charge in [0, 0.05) is 5.56 Å². The molecule has 28 heavy (non-hydrogen) atoms. The average molecular weight is 383 g/mol. The van der Waals surface area contributed by atoms with Crippen LogP contribution in [-0.2, 0) is 9.53 Å². The Kier molecular flexibility index (Phi) is 6.53. The molecule has 0 N–H and O–H groups in total. The second-order valence-electron chi connectivity index (χ2n) is 8.63. The van der Waals surface area contributed by atoms with Crippen LogP contribution in [-0.4, -0.2) is 12.1 Å². The number of rotatable bonds is 5. The Morgan fingerprint density at radius 3 is 2.43 bits per heavy atom. The topological polar surface area (TPSA) is 26.3 Å². The van der Waals surface area contributed by atoms with E-state index in [2.05, 4.69) is 20.8 Å². The summed E-state index contributed by atoms with van der Waals surface area (Å²) in [6, 6.07) is 14.5. The molecule has 0 bridgehead atoms. The lowest BCUT2D eigenvalue weighted by molar-refractivity contribution is -0.157. The first-order valence-electron chi connectivity index (χ1n) is 10.4. The predicted molar refractivity (Wildman–Crippen MR) is 111 cm³/mol. The van der Waals surface area contributed by atoms with Gasteiger partial charge in [-0.25, -0.2) is 4.39 Å². The summed E-state index contributed by atoms with van der Waals surface area (Å²) in [6.07, 6.45) is 3.18. The van der Waals surface area contributed by atoms with E-state index >= 15 is 0 Å². The highest BCUT2D eigenvalue weighted by Crippen LogP contribution is 2.36. The first kappa shape index (κ1) is 20.6. The largest absolute Gasteiger partial charge is 0.462 e. The molecule has 1 aliphatic carbocycles. The van der Waals surface area contributed by atoms with Crippen LogP contribution in [0.2, 0.25) is 0 Å². The number of carbonyl (C=O) groups is 1. The summed E-state index contributed by atoms with van der Waals surface area (Å²) in [5.74, 6) is 0.425. The van der Waals surface area contributed by atoms with E-state index in [1.807, 2.05) is 36.4 Å². The van der Waals surface area contributed by atoms with Gasteiger partial charge in [0.05, 0.1) is 5.92 Å². The smallest absolute Gasteiger partial charge is 0.313 e. The molecule has 2 aromatic rings. The Hall–Kier alpha value is -2.16. The Balaban J connectivity index is 1.73. The highest BCUT2D eigenvalue weighted by Gasteiger charge is 2.34. The molecule has 1 saturated carbocycles. The molecule has 0 saturated heterocycles. The van der Waals surface area contributed by atoms with E-state index in [9.17, 15) is 9.18 Å². The highest BCUT2D eigenvalue weighted by atomic mass is 19.1. The predicted octanol–water partition coefficient (Wildman–Crippen LogP) is 6.60. The van der Waals surface area contributed by atoms with Crippen LogP contribution in [0.1, 0.15) is 58.4 Å². The normalized spacial score (nSPS) is 23.4. The summed E-state index contributed by atoms with van der Waals surface area (Å²) in [6.45, 7) is 8.42. The lowest BCUT2D eigenvalue weighted by atomic mass is 9.75. The van der Waals surface area contributed by atoms with Gasteiger partial charge in [-0.3, -0.25) is 4.79 Å². The molecular formula is C25H31FO2. The van der Waals surface area contributed by atoms with Gasteiger partial charge in [-0.05, 0) is 54.7 Å². The fraction of sp³-hybridized carbons (Fsp3) is 0.480. The standard InChI is InChI=1S/C25H31FO2/c1-16(2)21-12-10-17(3)14-24(21)28-25(27)18(4)20-11-13-22(23(26)15-20)19-8-6-5-7-9-19/h5-9,11,13,15-18,21,24H,10,12,14H2,1-4H3/t17-,18?,21+,24?/m1/s1. The SMILES string of the molecule is CC(C(=O)OC1C[C@H](C)CC[C@H]1C(C)C)c1ccc(-c2ccccc2)c(F)c1. The van der Waals surface area contributed by atoms with Crippen LogP contribution < -0.4 is 0 Å². The van der Waals surface area contributed by atoms with Gasteiger partial charge < -0.3 is 4.74 Å². The minimum Gasteiger partial charge on any atom is -0.462 e. The van der Waals surface area contributed by atoms with E-state index in [1.54, 1.807) is 13.0 Å². The van der Waals surface area contributed by atoms with Crippen molar-refractivity contribution in [2.45, 2.75) is 59.0 Å². The number of hydrogen-bond acceptors (Lipinski definition) is 2. The van der Waals surface area contributed by atoms with Crippen molar-refractivity contribution in [2.75, 3.05) is 0 Å². The van der Waals surface area contributed by atoms with Gasteiger partial charge in [0.1, 0.15) is 11.9 Å². The van der Waals surface area contributed by atoms with Gasteiger partial charge in [0.15, 0.2) is 0 Å². The average Bonchev–Trinajstić information content (AvgIpc) is 2.67. The first-order valence-corrected chi connectivity index (χ1v) is 10.4. The minimum absolute atomic E-state index is 0.0351. The summed E-state index contributed by atoms with van der Waals surface area (Å²) in [7, 11) is 0. The zero-order chi connectivity index (χ0) is 20.3. The summed E-state index contributed by atoms with van der Waals surface area (Å²) < 4.78 is 20.6. The number of ether oxygens (including phenoxy) is 1. The van der Waals surface area contributed by atoms with Crippen LogP contribution in [0.4, 0.5) is 4.39 Å². The van der Waals surface area contributed by atoms with Crippen molar-refractivity contribution in [3.05, 3.63) is 59.9 Å². The molecule has 150 valence electrons. The van der Waals surface area contributed by atoms with Gasteiger partial charge in [-0.2, -0.15) is 0 Å². The van der Waals surface area contributed by atoms with Crippen molar-refractivity contribution in [2.24, 2.45) is 17.8 Å². The molecule has 0 spiro atoms. The maximum atomic E-state index is 14.7. The summed E-state index contributed by atoms with van der Waals surface area (Å²) in [4.78, 5) is 12.8. The zero-order valence-electron chi connectivity index (χ0n) is 17.3. The maximum absolute atomic E-state index is 14.7. The number of halogens is 1. The number of carbonyl (C=O) groups excluding carboxylic acids is 1. The van der Waals surface area contributed by atoms with Crippen LogP contribution in [0.15, 0.2) is 48.5 Å². The number of benzene rings is 2. The van der Waals surface area contributed by atoms with Crippen molar-refractivity contribution in [1.29, 1.82) is 0 Å². The quantitative estimate of drug-likeness (QED) is 0.545. The van der Waals surface area contributed by atoms with Gasteiger partial charge in [-0.15, -0.1) is 0 Å². The molecule has 2 nitrogen and oxygen atoms in total. The second-order valence-corrected chi connectivity index (χ2v) is 8.63. The van der Waals surface area contributed by atoms with Crippen molar-refractivity contribution in [1.82, 2.24) is 0 Å². The summed E-state index contributed by atoms with van der Waals surface area (Å²) >= 11 is 0. The Labute approximate surface area is 168 Å². The molecule has 4 atom stereocenters. The Morgan fingerprint density at radius 1 is 1.07 bits per heavy atom. The third-order valence-electron chi connectivity index (χ3n) is 6.16. The van der Waals surface area contributed by atoms with Crippen LogP contribution in [0.25, 0.3) is 11.1 Å². The van der Waals surface area contributed by atoms with Crippen LogP contribution >= 0.6 is 0 Å². The van der Waals surface area contributed by atoms with Crippen LogP contribution in [0, 0.1) is 23.6 Å². The first-order chi connectivity index (χ1) is 13.4. The van der Waals surface area contributed by atoms with E-state index in [-0.39, 0.29) is 17.9 Å². The molecule has 1 fully saturated rings. The zero-order valence-corrected chi connectivity index (χ0v) is 17.3. The molecular weight excluding hydrogens is 351 g/mol. The molecule has 0 radical (unpaired) electrons. The Bertz CT molecular complexity index is 799. The summed E-state index contributed by atoms with van der Waals surface area (Å²) in [5, 5.41) is 0. The third-order valence-corrected chi connectivity index (χ3v) is 6.16. The van der Waals surface area contributed by atoms with E-state index in [4.69, 9.17) is 4.74 Å². The maximum Gasteiger partial charge on any atom is 0.313 e. The van der Waals surface area contributed by atoms with Crippen molar-refractivity contribution in [3.63, 3.8) is 0 Å². The molecule has 2 unspecified atom stereocenters. The van der Waals surface area contributed by atoms with Crippen molar-refractivity contribution < 1.29 is 13.9 Å². The van der Waals surface area contributed by atoms with Crippen LogP contribution in [0.3, 0.4) is 0 Å². The van der Waals surface area contributed by atoms with Gasteiger partial charge in [0.2, 0.25) is 0 Å². The second kappa shape index (κ2) is 8.89. The molecule has 0 heterocycles. The molecule has 3 rings (SSSR count). The van der Waals surface area contributed by atoms with E-state index in [0.29, 0.717) is 28.9 Å². The van der Waals surface area contributed by atoms with E-state index in [1.165, 1.54) is 12.5 Å². The van der Waals surface area contributed by atoms with Crippen molar-refractivity contribution in [3.8, 4) is 11.1 Å². The lowest BCUT2D eigenvalue weighted by Gasteiger charge is -2.37. The number of hydrogen-bond donors (Lipinski definition) is 0. The van der Waals surface area contributed by atoms with Gasteiger partial charge >= 0.3 is 5.97 Å². The van der Waals surface area contributed by atoms with E-state index in [0.717, 1.165) is 18.4 Å². The molecule has 2 aromatic carbocycles. The fourth-order valence-corrected chi connectivity index (χ4v) is 4.29. The molecule has 0 aromatic heterocycles. The van der Waals surface area contributed by atoms with Crippen LogP contribution in [0.5, 0.6) is 0 Å². The fourth-order valence-electron chi connectivity index (χ4n) is 4.29. The monoisotopic (exact) mass is 382 g/mol. The number of esters is 1. The van der Waals surface area contributed by atoms with Gasteiger partial charge in [0.25, 0.3) is 0 Å². The van der Waals surface area contributed by atoms with E-state index < -0.39 is 5.92 Å². The minimum atomic E-state index is -0.482. The molecule has 3 heteroatoms. The summed E-state index contributed by atoms with van der Waals surface area (Å²) in [5.41, 5.74) is 2.04. The molecule has 0 amide bonds. The molecule has 0 aliphatic heterocycles. The highest BCUT2D eigenvalue weighted by molar-refractivity contribution is 5.78. The van der Waals surface area contributed by atoms with Gasteiger partial charge in [-0.1, -0.05) is 69.7 Å². The van der Waals surface area contributed by atoms with Crippen molar-refractivity contribution >= 4 is 5.97 Å². The third kappa shape index (κ3) is 4.63.